The summed E-state index contributed by atoms with van der Waals surface area (Å²) in [4.78, 5) is 26.6. The number of halogens is 2. The summed E-state index contributed by atoms with van der Waals surface area (Å²) in [7, 11) is 0. The summed E-state index contributed by atoms with van der Waals surface area (Å²) in [6.07, 6.45) is -0.00880. The van der Waals surface area contributed by atoms with E-state index in [9.17, 15) is 18.4 Å². The van der Waals surface area contributed by atoms with Gasteiger partial charge in [-0.25, -0.2) is 8.78 Å². The van der Waals surface area contributed by atoms with Crippen LogP contribution in [0.1, 0.15) is 6.42 Å². The van der Waals surface area contributed by atoms with E-state index >= 15 is 0 Å². The smallest absolute Gasteiger partial charge is 0.229 e. The van der Waals surface area contributed by atoms with Crippen molar-refractivity contribution in [2.75, 3.05) is 16.8 Å². The van der Waals surface area contributed by atoms with Gasteiger partial charge < -0.3 is 10.2 Å². The highest BCUT2D eigenvalue weighted by Gasteiger charge is 2.36. The first-order chi connectivity index (χ1) is 13.0. The highest BCUT2D eigenvalue weighted by molar-refractivity contribution is 6.08. The number of hydrogen-bond donors (Lipinski definition) is 1. The summed E-state index contributed by atoms with van der Waals surface area (Å²) in [5, 5.41) is 4.18. The van der Waals surface area contributed by atoms with Crippen LogP contribution in [-0.4, -0.2) is 18.4 Å². The molecule has 0 aromatic heterocycles. The van der Waals surface area contributed by atoms with Gasteiger partial charge in [-0.15, -0.1) is 0 Å². The Morgan fingerprint density at radius 2 is 1.63 bits per heavy atom. The van der Waals surface area contributed by atoms with E-state index < -0.39 is 29.1 Å². The number of rotatable bonds is 3. The van der Waals surface area contributed by atoms with Crippen LogP contribution in [0.2, 0.25) is 0 Å². The number of para-hydroxylation sites is 1. The Morgan fingerprint density at radius 1 is 0.963 bits per heavy atom. The van der Waals surface area contributed by atoms with Gasteiger partial charge >= 0.3 is 0 Å². The molecule has 0 saturated carbocycles. The second kappa shape index (κ2) is 6.79. The molecule has 2 amide bonds. The lowest BCUT2D eigenvalue weighted by atomic mass is 10.1. The van der Waals surface area contributed by atoms with E-state index in [1.54, 1.807) is 4.90 Å². The minimum absolute atomic E-state index is 0.00880. The first kappa shape index (κ1) is 17.1. The standard InChI is InChI=1S/C21H16F2N2O2/c22-16-8-4-9-17(23)20(16)24-21(27)14-11-19(26)25(12-14)18-10-3-6-13-5-1-2-7-15(13)18/h1-10,14H,11-12H2,(H,24,27)/t14-/m1/s1. The molecular formula is C21H16F2N2O2. The third-order valence-electron chi connectivity index (χ3n) is 4.76. The van der Waals surface area contributed by atoms with Crippen molar-refractivity contribution in [2.45, 2.75) is 6.42 Å². The van der Waals surface area contributed by atoms with E-state index in [4.69, 9.17) is 0 Å². The topological polar surface area (TPSA) is 49.4 Å². The zero-order chi connectivity index (χ0) is 19.0. The van der Waals surface area contributed by atoms with Crippen molar-refractivity contribution in [1.82, 2.24) is 0 Å². The van der Waals surface area contributed by atoms with Gasteiger partial charge in [0.05, 0.1) is 11.6 Å². The predicted octanol–water partition coefficient (Wildman–Crippen LogP) is 4.11. The van der Waals surface area contributed by atoms with E-state index in [-0.39, 0.29) is 18.9 Å². The molecule has 1 aliphatic heterocycles. The van der Waals surface area contributed by atoms with Crippen LogP contribution in [0.5, 0.6) is 0 Å². The summed E-state index contributed by atoms with van der Waals surface area (Å²) in [5.41, 5.74) is 0.240. The molecule has 0 aliphatic carbocycles. The summed E-state index contributed by atoms with van der Waals surface area (Å²) >= 11 is 0. The maximum Gasteiger partial charge on any atom is 0.229 e. The Kier molecular flexibility index (Phi) is 4.32. The molecule has 3 aromatic rings. The van der Waals surface area contributed by atoms with Crippen molar-refractivity contribution in [1.29, 1.82) is 0 Å². The number of benzene rings is 3. The molecule has 1 saturated heterocycles. The Bertz CT molecular complexity index is 1030. The van der Waals surface area contributed by atoms with Gasteiger partial charge in [0.2, 0.25) is 11.8 Å². The summed E-state index contributed by atoms with van der Waals surface area (Å²) < 4.78 is 27.5. The van der Waals surface area contributed by atoms with Gasteiger partial charge in [0.25, 0.3) is 0 Å². The Morgan fingerprint density at radius 3 is 2.41 bits per heavy atom. The van der Waals surface area contributed by atoms with Gasteiger partial charge in [-0.2, -0.15) is 0 Å². The quantitative estimate of drug-likeness (QED) is 0.758. The van der Waals surface area contributed by atoms with Gasteiger partial charge in [0.15, 0.2) is 0 Å². The molecule has 1 fully saturated rings. The summed E-state index contributed by atoms with van der Waals surface area (Å²) in [6, 6.07) is 16.7. The van der Waals surface area contributed by atoms with Crippen LogP contribution in [0.25, 0.3) is 10.8 Å². The van der Waals surface area contributed by atoms with Crippen LogP contribution in [-0.2, 0) is 9.59 Å². The molecule has 0 unspecified atom stereocenters. The normalized spacial score (nSPS) is 16.7. The molecule has 27 heavy (non-hydrogen) atoms. The maximum absolute atomic E-state index is 13.8. The third kappa shape index (κ3) is 3.14. The molecular weight excluding hydrogens is 350 g/mol. The third-order valence-corrected chi connectivity index (χ3v) is 4.76. The Hall–Kier alpha value is -3.28. The van der Waals surface area contributed by atoms with Crippen LogP contribution in [0.3, 0.4) is 0 Å². The van der Waals surface area contributed by atoms with Crippen molar-refractivity contribution in [3.8, 4) is 0 Å². The number of nitrogens with one attached hydrogen (secondary N) is 1. The molecule has 6 heteroatoms. The average Bonchev–Trinajstić information content (AvgIpc) is 3.06. The maximum atomic E-state index is 13.8. The molecule has 0 radical (unpaired) electrons. The van der Waals surface area contributed by atoms with Crippen LogP contribution in [0, 0.1) is 17.6 Å². The van der Waals surface area contributed by atoms with Gasteiger partial charge in [-0.1, -0.05) is 42.5 Å². The first-order valence-electron chi connectivity index (χ1n) is 8.57. The summed E-state index contributed by atoms with van der Waals surface area (Å²) in [5.74, 6) is -3.15. The molecule has 1 heterocycles. The van der Waals surface area contributed by atoms with Gasteiger partial charge in [-0.05, 0) is 23.6 Å². The number of carbonyl (C=O) groups excluding carboxylic acids is 2. The average molecular weight is 366 g/mol. The second-order valence-corrected chi connectivity index (χ2v) is 6.49. The van der Waals surface area contributed by atoms with Crippen LogP contribution >= 0.6 is 0 Å². The molecule has 136 valence electrons. The number of carbonyl (C=O) groups is 2. The van der Waals surface area contributed by atoms with Crippen molar-refractivity contribution < 1.29 is 18.4 Å². The Balaban J connectivity index is 1.58. The molecule has 1 atom stereocenters. The van der Waals surface area contributed by atoms with Crippen molar-refractivity contribution in [3.63, 3.8) is 0 Å². The van der Waals surface area contributed by atoms with Crippen molar-refractivity contribution >= 4 is 34.0 Å². The summed E-state index contributed by atoms with van der Waals surface area (Å²) in [6.45, 7) is 0.161. The SMILES string of the molecule is O=C(Nc1c(F)cccc1F)[C@@H]1CC(=O)N(c2cccc3ccccc23)C1. The molecule has 1 N–H and O–H groups in total. The lowest BCUT2D eigenvalue weighted by Gasteiger charge is -2.19. The number of amides is 2. The number of nitrogens with zero attached hydrogens (tertiary/aromatic N) is 1. The fourth-order valence-corrected chi connectivity index (χ4v) is 3.40. The largest absolute Gasteiger partial charge is 0.321 e. The zero-order valence-electron chi connectivity index (χ0n) is 14.3. The van der Waals surface area contributed by atoms with Crippen LogP contribution < -0.4 is 10.2 Å². The fourth-order valence-electron chi connectivity index (χ4n) is 3.40. The lowest BCUT2D eigenvalue weighted by molar-refractivity contribution is -0.122. The monoisotopic (exact) mass is 366 g/mol. The molecule has 0 spiro atoms. The van der Waals surface area contributed by atoms with Crippen molar-refractivity contribution in [2.24, 2.45) is 5.92 Å². The predicted molar refractivity (Wildman–Crippen MR) is 99.4 cm³/mol. The second-order valence-electron chi connectivity index (χ2n) is 6.49. The minimum atomic E-state index is -0.849. The molecule has 4 rings (SSSR count). The molecule has 0 bridgehead atoms. The Labute approximate surface area is 154 Å². The fraction of sp³-hybridized carbons (Fsp3) is 0.143. The molecule has 3 aromatic carbocycles. The minimum Gasteiger partial charge on any atom is -0.321 e. The van der Waals surface area contributed by atoms with E-state index in [0.717, 1.165) is 28.6 Å². The zero-order valence-corrected chi connectivity index (χ0v) is 14.3. The number of anilines is 2. The van der Waals surface area contributed by atoms with Gasteiger partial charge in [0, 0.05) is 18.4 Å². The van der Waals surface area contributed by atoms with Crippen molar-refractivity contribution in [3.05, 3.63) is 72.3 Å². The van der Waals surface area contributed by atoms with Gasteiger partial charge in [-0.3, -0.25) is 9.59 Å². The first-order valence-corrected chi connectivity index (χ1v) is 8.57. The van der Waals surface area contributed by atoms with E-state index in [0.29, 0.717) is 0 Å². The molecule has 4 nitrogen and oxygen atoms in total. The molecule has 1 aliphatic rings. The highest BCUT2D eigenvalue weighted by Crippen LogP contribution is 2.32. The lowest BCUT2D eigenvalue weighted by Crippen LogP contribution is -2.28. The van der Waals surface area contributed by atoms with E-state index in [1.807, 2.05) is 42.5 Å². The van der Waals surface area contributed by atoms with E-state index in [1.165, 1.54) is 6.07 Å². The van der Waals surface area contributed by atoms with Gasteiger partial charge in [0.1, 0.15) is 17.3 Å². The van der Waals surface area contributed by atoms with Crippen LogP contribution in [0.15, 0.2) is 60.7 Å². The van der Waals surface area contributed by atoms with E-state index in [2.05, 4.69) is 5.32 Å². The highest BCUT2D eigenvalue weighted by atomic mass is 19.1. The number of fused-ring (bicyclic) bond motifs is 1. The number of hydrogen-bond acceptors (Lipinski definition) is 2. The van der Waals surface area contributed by atoms with Crippen LogP contribution in [0.4, 0.5) is 20.2 Å².